The number of hydrogen-bond donors (Lipinski definition) is 2. The van der Waals surface area contributed by atoms with Crippen molar-refractivity contribution in [2.75, 3.05) is 26.4 Å². The maximum Gasteiger partial charge on any atom is 0.104 e. The highest BCUT2D eigenvalue weighted by molar-refractivity contribution is 4.81. The minimum Gasteiger partial charge on any atom is -0.516 e. The number of epoxide rings is 2. The van der Waals surface area contributed by atoms with Gasteiger partial charge < -0.3 is 29.2 Å². The minimum absolute atomic E-state index is 0.101. The monoisotopic (exact) mass is 414 g/mol. The molecule has 6 heteroatoms. The van der Waals surface area contributed by atoms with E-state index >= 15 is 0 Å². The quantitative estimate of drug-likeness (QED) is 0.176. The van der Waals surface area contributed by atoms with Crippen molar-refractivity contribution in [3.8, 4) is 0 Å². The summed E-state index contributed by atoms with van der Waals surface area (Å²) in [5.74, 6) is 0. The van der Waals surface area contributed by atoms with Gasteiger partial charge in [-0.25, -0.2) is 0 Å². The van der Waals surface area contributed by atoms with Crippen LogP contribution in [0.25, 0.3) is 0 Å². The molecule has 0 saturated carbocycles. The van der Waals surface area contributed by atoms with Crippen molar-refractivity contribution in [1.29, 1.82) is 0 Å². The zero-order chi connectivity index (χ0) is 20.7. The van der Waals surface area contributed by atoms with E-state index in [1.807, 2.05) is 0 Å². The molecule has 2 saturated heterocycles. The molecule has 5 atom stereocenters. The molecule has 0 spiro atoms. The largest absolute Gasteiger partial charge is 0.516 e. The van der Waals surface area contributed by atoms with E-state index in [1.165, 1.54) is 51.0 Å². The molecule has 0 bridgehead atoms. The van der Waals surface area contributed by atoms with Crippen molar-refractivity contribution >= 4 is 0 Å². The van der Waals surface area contributed by atoms with Crippen LogP contribution in [-0.2, 0) is 18.9 Å². The predicted octanol–water partition coefficient (Wildman–Crippen LogP) is 4.30. The van der Waals surface area contributed by atoms with Crippen molar-refractivity contribution < 1.29 is 29.2 Å². The fourth-order valence-corrected chi connectivity index (χ4v) is 3.51. The second-order valence-corrected chi connectivity index (χ2v) is 8.49. The Morgan fingerprint density at radius 1 is 0.828 bits per heavy atom. The number of unbranched alkanes of at least 4 members (excludes halogenated alkanes) is 8. The first-order chi connectivity index (χ1) is 14.2. The Balaban J connectivity index is 1.41. The summed E-state index contributed by atoms with van der Waals surface area (Å²) in [5.41, 5.74) is 0. The smallest absolute Gasteiger partial charge is 0.104 e. The lowest BCUT2D eigenvalue weighted by Gasteiger charge is -2.24. The summed E-state index contributed by atoms with van der Waals surface area (Å²) in [5, 5.41) is 18.1. The van der Waals surface area contributed by atoms with Crippen molar-refractivity contribution in [1.82, 2.24) is 0 Å². The Morgan fingerprint density at radius 3 is 1.83 bits per heavy atom. The van der Waals surface area contributed by atoms with E-state index in [4.69, 9.17) is 24.1 Å². The van der Waals surface area contributed by atoms with Gasteiger partial charge in [-0.05, 0) is 25.8 Å². The SMILES string of the molecule is CC(OCC1CO1)C(CCCCCCCCCCCC(O)C=CO)OCC1CO1. The highest BCUT2D eigenvalue weighted by atomic mass is 16.6. The molecule has 0 aliphatic carbocycles. The van der Waals surface area contributed by atoms with Gasteiger partial charge in [-0.3, -0.25) is 0 Å². The predicted molar refractivity (Wildman–Crippen MR) is 113 cm³/mol. The Hall–Kier alpha value is -0.660. The summed E-state index contributed by atoms with van der Waals surface area (Å²) in [6, 6.07) is 0. The van der Waals surface area contributed by atoms with Crippen molar-refractivity contribution in [3.05, 3.63) is 12.3 Å². The highest BCUT2D eigenvalue weighted by Gasteiger charge is 2.28. The topological polar surface area (TPSA) is 84.0 Å². The molecule has 0 aromatic carbocycles. The van der Waals surface area contributed by atoms with Gasteiger partial charge in [0.1, 0.15) is 12.2 Å². The molecular weight excluding hydrogens is 372 g/mol. The summed E-state index contributed by atoms with van der Waals surface area (Å²) in [6.45, 7) is 5.14. The van der Waals surface area contributed by atoms with Crippen LogP contribution in [0.1, 0.15) is 77.6 Å². The number of hydrogen-bond acceptors (Lipinski definition) is 6. The summed E-state index contributed by atoms with van der Waals surface area (Å²) in [7, 11) is 0. The molecule has 2 aliphatic heterocycles. The minimum atomic E-state index is -0.500. The van der Waals surface area contributed by atoms with Crippen molar-refractivity contribution in [2.45, 2.75) is 108 Å². The van der Waals surface area contributed by atoms with Crippen LogP contribution in [0.2, 0.25) is 0 Å². The molecule has 2 heterocycles. The van der Waals surface area contributed by atoms with Gasteiger partial charge in [-0.15, -0.1) is 0 Å². The number of ether oxygens (including phenoxy) is 4. The average Bonchev–Trinajstić information content (AvgIpc) is 3.61. The zero-order valence-corrected chi connectivity index (χ0v) is 18.2. The van der Waals surface area contributed by atoms with Crippen LogP contribution in [0.3, 0.4) is 0 Å². The lowest BCUT2D eigenvalue weighted by molar-refractivity contribution is -0.0746. The lowest BCUT2D eigenvalue weighted by Crippen LogP contribution is -2.31. The van der Waals surface area contributed by atoms with Gasteiger partial charge in [0.05, 0.1) is 51.0 Å². The summed E-state index contributed by atoms with van der Waals surface area (Å²) in [4.78, 5) is 0. The van der Waals surface area contributed by atoms with E-state index in [9.17, 15) is 5.11 Å². The summed E-state index contributed by atoms with van der Waals surface area (Å²) in [6.07, 6.45) is 15.5. The molecule has 0 aromatic rings. The van der Waals surface area contributed by atoms with Crippen LogP contribution in [0.5, 0.6) is 0 Å². The molecule has 5 unspecified atom stereocenters. The highest BCUT2D eigenvalue weighted by Crippen LogP contribution is 2.19. The first-order valence-corrected chi connectivity index (χ1v) is 11.6. The van der Waals surface area contributed by atoms with E-state index in [1.54, 1.807) is 0 Å². The third-order valence-corrected chi connectivity index (χ3v) is 5.67. The fraction of sp³-hybridized carbons (Fsp3) is 0.913. The van der Waals surface area contributed by atoms with Gasteiger partial charge in [0, 0.05) is 0 Å². The van der Waals surface area contributed by atoms with E-state index in [-0.39, 0.29) is 12.2 Å². The van der Waals surface area contributed by atoms with Crippen LogP contribution in [0, 0.1) is 0 Å². The van der Waals surface area contributed by atoms with Crippen LogP contribution >= 0.6 is 0 Å². The van der Waals surface area contributed by atoms with Crippen LogP contribution in [0.4, 0.5) is 0 Å². The van der Waals surface area contributed by atoms with Gasteiger partial charge in [0.15, 0.2) is 0 Å². The molecule has 2 N–H and O–H groups in total. The molecule has 2 aliphatic rings. The molecule has 2 fully saturated rings. The van der Waals surface area contributed by atoms with E-state index in [0.717, 1.165) is 45.2 Å². The van der Waals surface area contributed by atoms with Gasteiger partial charge >= 0.3 is 0 Å². The van der Waals surface area contributed by atoms with Gasteiger partial charge in [0.25, 0.3) is 0 Å². The standard InChI is InChI=1S/C23H42O6/c1-19(26-15-21-16-27-21)23(29-18-22-17-28-22)12-10-8-6-4-2-3-5-7-9-11-20(25)13-14-24/h13-14,19-25H,2-12,15-18H2,1H3. The number of aliphatic hydroxyl groups excluding tert-OH is 2. The molecule has 0 amide bonds. The first kappa shape index (κ1) is 24.6. The van der Waals surface area contributed by atoms with Crippen molar-refractivity contribution in [2.24, 2.45) is 0 Å². The van der Waals surface area contributed by atoms with Gasteiger partial charge in [-0.2, -0.15) is 0 Å². The Bertz CT molecular complexity index is 422. The maximum absolute atomic E-state index is 9.49. The number of aliphatic hydroxyl groups is 2. The first-order valence-electron chi connectivity index (χ1n) is 11.6. The van der Waals surface area contributed by atoms with Crippen LogP contribution in [-0.4, -0.2) is 67.2 Å². The molecule has 2 rings (SSSR count). The Kier molecular flexibility index (Phi) is 12.9. The second kappa shape index (κ2) is 15.2. The molecule has 0 aromatic heterocycles. The molecule has 170 valence electrons. The van der Waals surface area contributed by atoms with Crippen LogP contribution < -0.4 is 0 Å². The zero-order valence-electron chi connectivity index (χ0n) is 18.2. The lowest BCUT2D eigenvalue weighted by atomic mass is 10.0. The van der Waals surface area contributed by atoms with Crippen LogP contribution in [0.15, 0.2) is 12.3 Å². The fourth-order valence-electron chi connectivity index (χ4n) is 3.51. The van der Waals surface area contributed by atoms with Crippen molar-refractivity contribution in [3.63, 3.8) is 0 Å². The van der Waals surface area contributed by atoms with E-state index < -0.39 is 6.10 Å². The molecule has 0 radical (unpaired) electrons. The average molecular weight is 415 g/mol. The second-order valence-electron chi connectivity index (χ2n) is 8.49. The molecule has 29 heavy (non-hydrogen) atoms. The Morgan fingerprint density at radius 2 is 1.31 bits per heavy atom. The summed E-state index contributed by atoms with van der Waals surface area (Å²) < 4.78 is 22.5. The molecule has 6 nitrogen and oxygen atoms in total. The third kappa shape index (κ3) is 13.3. The summed E-state index contributed by atoms with van der Waals surface area (Å²) >= 11 is 0. The van der Waals surface area contributed by atoms with E-state index in [0.29, 0.717) is 25.4 Å². The third-order valence-electron chi connectivity index (χ3n) is 5.67. The van der Waals surface area contributed by atoms with E-state index in [2.05, 4.69) is 6.92 Å². The molecular formula is C23H42O6. The Labute approximate surface area is 176 Å². The van der Waals surface area contributed by atoms with Gasteiger partial charge in [-0.1, -0.05) is 57.8 Å². The number of rotatable bonds is 20. The maximum atomic E-state index is 9.49. The van der Waals surface area contributed by atoms with Gasteiger partial charge in [0.2, 0.25) is 0 Å². The normalized spacial score (nSPS) is 23.9.